The van der Waals surface area contributed by atoms with Gasteiger partial charge in [-0.3, -0.25) is 0 Å². The number of rotatable bonds is 4. The largest absolute Gasteiger partial charge is 0.476 e. The molecular formula is C8H6BrF3N2O3. The second-order valence-electron chi connectivity index (χ2n) is 2.90. The van der Waals surface area contributed by atoms with Crippen molar-refractivity contribution in [3.63, 3.8) is 0 Å². The van der Waals surface area contributed by atoms with E-state index in [1.807, 2.05) is 0 Å². The number of halogens is 4. The maximum Gasteiger partial charge on any atom is 0.411 e. The third-order valence-corrected chi connectivity index (χ3v) is 2.07. The van der Waals surface area contributed by atoms with Crippen LogP contribution in [-0.4, -0.2) is 33.8 Å². The quantitative estimate of drug-likeness (QED) is 0.920. The number of ether oxygens (including phenoxy) is 1. The van der Waals surface area contributed by atoms with Crippen molar-refractivity contribution < 1.29 is 27.8 Å². The number of alkyl halides is 3. The van der Waals surface area contributed by atoms with Gasteiger partial charge in [0.2, 0.25) is 0 Å². The number of aromatic nitrogens is 2. The third kappa shape index (κ3) is 4.65. The molecule has 1 aromatic heterocycles. The Morgan fingerprint density at radius 3 is 2.71 bits per heavy atom. The lowest BCUT2D eigenvalue weighted by Crippen LogP contribution is -2.17. The van der Waals surface area contributed by atoms with E-state index in [-0.39, 0.29) is 16.0 Å². The SMILES string of the molecule is O=C(O)c1nc(COCC(F)(F)F)ncc1Br. The van der Waals surface area contributed by atoms with E-state index in [2.05, 4.69) is 30.6 Å². The molecule has 0 aromatic carbocycles. The fourth-order valence-corrected chi connectivity index (χ4v) is 1.24. The minimum atomic E-state index is -4.44. The lowest BCUT2D eigenvalue weighted by molar-refractivity contribution is -0.177. The predicted molar refractivity (Wildman–Crippen MR) is 52.4 cm³/mol. The van der Waals surface area contributed by atoms with Gasteiger partial charge in [0, 0.05) is 6.20 Å². The number of hydrogen-bond acceptors (Lipinski definition) is 4. The van der Waals surface area contributed by atoms with Gasteiger partial charge in [0.05, 0.1) is 4.47 Å². The Labute approximate surface area is 102 Å². The normalized spacial score (nSPS) is 11.5. The summed E-state index contributed by atoms with van der Waals surface area (Å²) in [5.41, 5.74) is -0.328. The van der Waals surface area contributed by atoms with E-state index in [1.54, 1.807) is 0 Å². The van der Waals surface area contributed by atoms with E-state index in [0.717, 1.165) is 6.20 Å². The van der Waals surface area contributed by atoms with Gasteiger partial charge in [-0.15, -0.1) is 0 Å². The van der Waals surface area contributed by atoms with Gasteiger partial charge in [-0.1, -0.05) is 0 Å². The summed E-state index contributed by atoms with van der Waals surface area (Å²) in [6.07, 6.45) is -3.30. The van der Waals surface area contributed by atoms with Gasteiger partial charge in [0.1, 0.15) is 13.2 Å². The molecule has 0 unspecified atom stereocenters. The molecular weight excluding hydrogens is 309 g/mol. The highest BCUT2D eigenvalue weighted by Crippen LogP contribution is 2.16. The zero-order chi connectivity index (χ0) is 13.1. The predicted octanol–water partition coefficient (Wildman–Crippen LogP) is 2.02. The molecule has 0 atom stereocenters. The first kappa shape index (κ1) is 13.8. The van der Waals surface area contributed by atoms with E-state index in [9.17, 15) is 18.0 Å². The molecule has 1 rings (SSSR count). The van der Waals surface area contributed by atoms with Crippen LogP contribution in [0.3, 0.4) is 0 Å². The Hall–Kier alpha value is -1.22. The molecule has 0 amide bonds. The Balaban J connectivity index is 2.67. The van der Waals surface area contributed by atoms with Crippen molar-refractivity contribution in [3.05, 3.63) is 22.2 Å². The fraction of sp³-hybridized carbons (Fsp3) is 0.375. The maximum absolute atomic E-state index is 11.8. The van der Waals surface area contributed by atoms with Gasteiger partial charge in [-0.05, 0) is 15.9 Å². The molecule has 0 aliphatic heterocycles. The molecule has 0 spiro atoms. The highest BCUT2D eigenvalue weighted by Gasteiger charge is 2.27. The van der Waals surface area contributed by atoms with Crippen LogP contribution in [0.2, 0.25) is 0 Å². The van der Waals surface area contributed by atoms with Crippen LogP contribution < -0.4 is 0 Å². The minimum Gasteiger partial charge on any atom is -0.476 e. The van der Waals surface area contributed by atoms with Crippen molar-refractivity contribution in [3.8, 4) is 0 Å². The van der Waals surface area contributed by atoms with Crippen molar-refractivity contribution in [2.75, 3.05) is 6.61 Å². The van der Waals surface area contributed by atoms with E-state index in [0.29, 0.717) is 0 Å². The number of carbonyl (C=O) groups is 1. The van der Waals surface area contributed by atoms with E-state index in [1.165, 1.54) is 0 Å². The maximum atomic E-state index is 11.8. The molecule has 0 aliphatic carbocycles. The van der Waals surface area contributed by atoms with Crippen LogP contribution in [-0.2, 0) is 11.3 Å². The molecule has 0 aliphatic rings. The molecule has 0 bridgehead atoms. The lowest BCUT2D eigenvalue weighted by Gasteiger charge is -2.07. The summed E-state index contributed by atoms with van der Waals surface area (Å²) in [5.74, 6) is -1.44. The van der Waals surface area contributed by atoms with Crippen molar-refractivity contribution in [2.45, 2.75) is 12.8 Å². The van der Waals surface area contributed by atoms with Crippen LogP contribution in [0.25, 0.3) is 0 Å². The lowest BCUT2D eigenvalue weighted by atomic mass is 10.4. The van der Waals surface area contributed by atoms with Gasteiger partial charge in [-0.25, -0.2) is 14.8 Å². The summed E-state index contributed by atoms with van der Waals surface area (Å²) in [7, 11) is 0. The van der Waals surface area contributed by atoms with Crippen LogP contribution in [0.15, 0.2) is 10.7 Å². The smallest absolute Gasteiger partial charge is 0.411 e. The molecule has 5 nitrogen and oxygen atoms in total. The second-order valence-corrected chi connectivity index (χ2v) is 3.75. The van der Waals surface area contributed by atoms with E-state index < -0.39 is 25.4 Å². The Kier molecular flexibility index (Phi) is 4.40. The summed E-state index contributed by atoms with van der Waals surface area (Å²) >= 11 is 2.90. The first-order chi connectivity index (χ1) is 7.79. The number of carboxylic acids is 1. The summed E-state index contributed by atoms with van der Waals surface area (Å²) in [4.78, 5) is 17.8. The van der Waals surface area contributed by atoms with Gasteiger partial charge in [0.15, 0.2) is 11.5 Å². The molecule has 1 N–H and O–H groups in total. The summed E-state index contributed by atoms with van der Waals surface area (Å²) in [5, 5.41) is 8.70. The van der Waals surface area contributed by atoms with Crippen molar-refractivity contribution >= 4 is 21.9 Å². The summed E-state index contributed by atoms with van der Waals surface area (Å²) < 4.78 is 39.7. The monoisotopic (exact) mass is 314 g/mol. The van der Waals surface area contributed by atoms with Crippen LogP contribution in [0.5, 0.6) is 0 Å². The topological polar surface area (TPSA) is 72.3 Å². The Bertz CT molecular complexity index is 425. The van der Waals surface area contributed by atoms with Gasteiger partial charge < -0.3 is 9.84 Å². The minimum absolute atomic E-state index is 0.130. The van der Waals surface area contributed by atoms with Gasteiger partial charge in [-0.2, -0.15) is 13.2 Å². The average Bonchev–Trinajstić information content (AvgIpc) is 2.18. The average molecular weight is 315 g/mol. The Morgan fingerprint density at radius 2 is 2.18 bits per heavy atom. The standard InChI is InChI=1S/C8H6BrF3N2O3/c9-4-1-13-5(14-6(4)7(15)16)2-17-3-8(10,11)12/h1H,2-3H2,(H,15,16). The van der Waals surface area contributed by atoms with E-state index >= 15 is 0 Å². The zero-order valence-corrected chi connectivity index (χ0v) is 9.75. The highest BCUT2D eigenvalue weighted by atomic mass is 79.9. The number of hydrogen-bond donors (Lipinski definition) is 1. The molecule has 94 valence electrons. The first-order valence-electron chi connectivity index (χ1n) is 4.19. The first-order valence-corrected chi connectivity index (χ1v) is 4.98. The third-order valence-electron chi connectivity index (χ3n) is 1.49. The highest BCUT2D eigenvalue weighted by molar-refractivity contribution is 9.10. The number of nitrogens with zero attached hydrogens (tertiary/aromatic N) is 2. The molecule has 1 aromatic rings. The van der Waals surface area contributed by atoms with Crippen LogP contribution in [0.4, 0.5) is 13.2 Å². The molecule has 0 saturated carbocycles. The summed E-state index contributed by atoms with van der Waals surface area (Å²) in [6.45, 7) is -1.94. The molecule has 17 heavy (non-hydrogen) atoms. The molecule has 0 saturated heterocycles. The van der Waals surface area contributed by atoms with Crippen molar-refractivity contribution in [2.24, 2.45) is 0 Å². The van der Waals surface area contributed by atoms with E-state index in [4.69, 9.17) is 5.11 Å². The van der Waals surface area contributed by atoms with Gasteiger partial charge >= 0.3 is 12.1 Å². The Morgan fingerprint density at radius 1 is 1.53 bits per heavy atom. The molecule has 9 heteroatoms. The number of carboxylic acid groups (broad SMARTS) is 1. The molecule has 0 radical (unpaired) electrons. The zero-order valence-electron chi connectivity index (χ0n) is 8.16. The van der Waals surface area contributed by atoms with Crippen LogP contribution >= 0.6 is 15.9 Å². The van der Waals surface area contributed by atoms with Crippen molar-refractivity contribution in [1.82, 2.24) is 9.97 Å². The molecule has 0 fully saturated rings. The van der Waals surface area contributed by atoms with Crippen LogP contribution in [0.1, 0.15) is 16.3 Å². The van der Waals surface area contributed by atoms with Gasteiger partial charge in [0.25, 0.3) is 0 Å². The summed E-state index contributed by atoms with van der Waals surface area (Å²) in [6, 6.07) is 0. The fourth-order valence-electron chi connectivity index (χ4n) is 0.881. The molecule has 1 heterocycles. The van der Waals surface area contributed by atoms with Crippen molar-refractivity contribution in [1.29, 1.82) is 0 Å². The second kappa shape index (κ2) is 5.41. The number of aromatic carboxylic acids is 1. The van der Waals surface area contributed by atoms with Crippen LogP contribution in [0, 0.1) is 0 Å².